The Kier molecular flexibility index (Phi) is 4.22. The summed E-state index contributed by atoms with van der Waals surface area (Å²) in [5, 5.41) is 13.9. The number of nitrogens with zero attached hydrogens (tertiary/aromatic N) is 1. The molecule has 0 fully saturated rings. The molecule has 4 heteroatoms. The van der Waals surface area contributed by atoms with E-state index in [-0.39, 0.29) is 5.82 Å². The Balaban J connectivity index is 2.34. The van der Waals surface area contributed by atoms with E-state index >= 15 is 0 Å². The van der Waals surface area contributed by atoms with Crippen molar-refractivity contribution in [3.05, 3.63) is 51.5 Å². The van der Waals surface area contributed by atoms with Crippen LogP contribution in [0.3, 0.4) is 0 Å². The highest BCUT2D eigenvalue weighted by atomic mass is 32.1. The maximum atomic E-state index is 13.6. The van der Waals surface area contributed by atoms with Gasteiger partial charge in [-0.3, -0.25) is 0 Å². The molecule has 1 unspecified atom stereocenters. The smallest absolute Gasteiger partial charge is 0.126 e. The first-order chi connectivity index (χ1) is 8.99. The molecule has 0 aliphatic heterocycles. The second-order valence-corrected chi connectivity index (χ2v) is 5.60. The largest absolute Gasteiger partial charge is 0.389 e. The van der Waals surface area contributed by atoms with E-state index in [2.05, 4.69) is 11.4 Å². The van der Waals surface area contributed by atoms with E-state index in [1.807, 2.05) is 17.3 Å². The lowest BCUT2D eigenvalue weighted by atomic mass is 10.0. The molecule has 0 saturated heterocycles. The Labute approximate surface area is 117 Å². The fourth-order valence-electron chi connectivity index (χ4n) is 2.09. The van der Waals surface area contributed by atoms with Gasteiger partial charge in [-0.05, 0) is 53.9 Å². The predicted molar refractivity (Wildman–Crippen MR) is 78.2 cm³/mol. The molecular weight excluding hydrogens is 261 g/mol. The van der Waals surface area contributed by atoms with Gasteiger partial charge in [0, 0.05) is 24.8 Å². The zero-order chi connectivity index (χ0) is 14.0. The molecule has 1 N–H and O–H groups in total. The van der Waals surface area contributed by atoms with Crippen LogP contribution in [0.4, 0.5) is 10.1 Å². The number of benzene rings is 1. The second kappa shape index (κ2) is 5.72. The first-order valence-electron chi connectivity index (χ1n) is 6.19. The first-order valence-corrected chi connectivity index (χ1v) is 7.13. The van der Waals surface area contributed by atoms with Crippen molar-refractivity contribution in [2.75, 3.05) is 11.9 Å². The fourth-order valence-corrected chi connectivity index (χ4v) is 2.75. The van der Waals surface area contributed by atoms with Crippen molar-refractivity contribution in [2.24, 2.45) is 0 Å². The van der Waals surface area contributed by atoms with Crippen LogP contribution >= 0.6 is 11.3 Å². The van der Waals surface area contributed by atoms with E-state index < -0.39 is 6.10 Å². The first kappa shape index (κ1) is 14.0. The van der Waals surface area contributed by atoms with Crippen molar-refractivity contribution in [3.8, 4) is 0 Å². The topological polar surface area (TPSA) is 23.5 Å². The van der Waals surface area contributed by atoms with E-state index in [1.165, 1.54) is 11.6 Å². The van der Waals surface area contributed by atoms with Gasteiger partial charge < -0.3 is 10.0 Å². The Morgan fingerprint density at radius 3 is 2.74 bits per heavy atom. The number of aryl methyl sites for hydroxylation is 1. The van der Waals surface area contributed by atoms with Crippen molar-refractivity contribution >= 4 is 17.0 Å². The summed E-state index contributed by atoms with van der Waals surface area (Å²) in [7, 11) is 1.95. The zero-order valence-electron chi connectivity index (χ0n) is 11.4. The highest BCUT2D eigenvalue weighted by molar-refractivity contribution is 7.07. The SMILES string of the molecule is Cc1cc(N(C)Cc2ccsc2)c(C(C)O)cc1F. The molecule has 1 aromatic carbocycles. The lowest BCUT2D eigenvalue weighted by Crippen LogP contribution is -2.18. The average molecular weight is 279 g/mol. The standard InChI is InChI=1S/C15H18FNOS/c1-10-6-15(13(11(2)18)7-14(10)16)17(3)8-12-4-5-19-9-12/h4-7,9,11,18H,8H2,1-3H3. The average Bonchev–Trinajstić information content (AvgIpc) is 2.84. The molecule has 2 aromatic rings. The maximum Gasteiger partial charge on any atom is 0.126 e. The third-order valence-electron chi connectivity index (χ3n) is 3.17. The van der Waals surface area contributed by atoms with Gasteiger partial charge in [-0.1, -0.05) is 0 Å². The lowest BCUT2D eigenvalue weighted by molar-refractivity contribution is 0.199. The molecular formula is C15H18FNOS. The van der Waals surface area contributed by atoms with Gasteiger partial charge in [-0.2, -0.15) is 11.3 Å². The second-order valence-electron chi connectivity index (χ2n) is 4.82. The van der Waals surface area contributed by atoms with Gasteiger partial charge in [-0.15, -0.1) is 0 Å². The molecule has 0 amide bonds. The molecule has 19 heavy (non-hydrogen) atoms. The van der Waals surface area contributed by atoms with Crippen LogP contribution in [0.2, 0.25) is 0 Å². The van der Waals surface area contributed by atoms with Gasteiger partial charge in [0.15, 0.2) is 0 Å². The van der Waals surface area contributed by atoms with Crippen molar-refractivity contribution in [3.63, 3.8) is 0 Å². The van der Waals surface area contributed by atoms with Crippen molar-refractivity contribution < 1.29 is 9.50 Å². The van der Waals surface area contributed by atoms with Crippen molar-refractivity contribution in [1.29, 1.82) is 0 Å². The Morgan fingerprint density at radius 2 is 2.16 bits per heavy atom. The molecule has 0 aliphatic carbocycles. The predicted octanol–water partition coefficient (Wildman–Crippen LogP) is 3.89. The third-order valence-corrected chi connectivity index (χ3v) is 3.90. The summed E-state index contributed by atoms with van der Waals surface area (Å²) in [6.07, 6.45) is -0.685. The molecule has 0 spiro atoms. The number of aliphatic hydroxyl groups excluding tert-OH is 1. The van der Waals surface area contributed by atoms with Gasteiger partial charge in [0.25, 0.3) is 0 Å². The third kappa shape index (κ3) is 3.14. The Morgan fingerprint density at radius 1 is 1.42 bits per heavy atom. The quantitative estimate of drug-likeness (QED) is 0.918. The van der Waals surface area contributed by atoms with Crippen LogP contribution in [0.1, 0.15) is 29.7 Å². The van der Waals surface area contributed by atoms with Crippen LogP contribution in [-0.2, 0) is 6.54 Å². The molecule has 2 rings (SSSR count). The summed E-state index contributed by atoms with van der Waals surface area (Å²) in [5.74, 6) is -0.274. The van der Waals surface area contributed by atoms with E-state index in [1.54, 1.807) is 31.3 Å². The number of rotatable bonds is 4. The van der Waals surface area contributed by atoms with Crippen molar-refractivity contribution in [2.45, 2.75) is 26.5 Å². The zero-order valence-corrected chi connectivity index (χ0v) is 12.2. The highest BCUT2D eigenvalue weighted by Gasteiger charge is 2.15. The van der Waals surface area contributed by atoms with Gasteiger partial charge in [-0.25, -0.2) is 4.39 Å². The highest BCUT2D eigenvalue weighted by Crippen LogP contribution is 2.29. The van der Waals surface area contributed by atoms with E-state index in [9.17, 15) is 9.50 Å². The summed E-state index contributed by atoms with van der Waals surface area (Å²) in [5.41, 5.74) is 3.31. The number of thiophene rings is 1. The minimum Gasteiger partial charge on any atom is -0.389 e. The molecule has 0 aliphatic rings. The van der Waals surface area contributed by atoms with Crippen LogP contribution in [0.25, 0.3) is 0 Å². The van der Waals surface area contributed by atoms with E-state index in [0.29, 0.717) is 11.1 Å². The summed E-state index contributed by atoms with van der Waals surface area (Å²) < 4.78 is 13.6. The van der Waals surface area contributed by atoms with Crippen LogP contribution in [-0.4, -0.2) is 12.2 Å². The maximum absolute atomic E-state index is 13.6. The molecule has 0 bridgehead atoms. The monoisotopic (exact) mass is 279 g/mol. The molecule has 0 saturated carbocycles. The number of aliphatic hydroxyl groups is 1. The van der Waals surface area contributed by atoms with Gasteiger partial charge in [0.1, 0.15) is 5.82 Å². The number of hydrogen-bond acceptors (Lipinski definition) is 3. The Hall–Kier alpha value is -1.39. The van der Waals surface area contributed by atoms with Gasteiger partial charge in [0.2, 0.25) is 0 Å². The normalized spacial score (nSPS) is 12.5. The summed E-state index contributed by atoms with van der Waals surface area (Å²) in [6.45, 7) is 4.14. The molecule has 102 valence electrons. The minimum absolute atomic E-state index is 0.274. The van der Waals surface area contributed by atoms with Crippen LogP contribution in [0.5, 0.6) is 0 Å². The number of anilines is 1. The number of halogens is 1. The molecule has 0 radical (unpaired) electrons. The number of hydrogen-bond donors (Lipinski definition) is 1. The minimum atomic E-state index is -0.685. The molecule has 1 aromatic heterocycles. The van der Waals surface area contributed by atoms with Gasteiger partial charge >= 0.3 is 0 Å². The van der Waals surface area contributed by atoms with Crippen molar-refractivity contribution in [1.82, 2.24) is 0 Å². The summed E-state index contributed by atoms with van der Waals surface area (Å²) in [6, 6.07) is 5.29. The summed E-state index contributed by atoms with van der Waals surface area (Å²) >= 11 is 1.66. The fraction of sp³-hybridized carbons (Fsp3) is 0.333. The van der Waals surface area contributed by atoms with Crippen LogP contribution < -0.4 is 4.90 Å². The molecule has 1 atom stereocenters. The molecule has 2 nitrogen and oxygen atoms in total. The van der Waals surface area contributed by atoms with E-state index in [0.717, 1.165) is 12.2 Å². The van der Waals surface area contributed by atoms with Gasteiger partial charge in [0.05, 0.1) is 6.10 Å². The lowest BCUT2D eigenvalue weighted by Gasteiger charge is -2.24. The Bertz CT molecular complexity index is 552. The summed E-state index contributed by atoms with van der Waals surface area (Å²) in [4.78, 5) is 2.04. The molecule has 1 heterocycles. The van der Waals surface area contributed by atoms with E-state index in [4.69, 9.17) is 0 Å². The van der Waals surface area contributed by atoms with Crippen LogP contribution in [0, 0.1) is 12.7 Å². The van der Waals surface area contributed by atoms with Crippen LogP contribution in [0.15, 0.2) is 29.0 Å².